The van der Waals surface area contributed by atoms with E-state index in [-0.39, 0.29) is 4.90 Å². The first-order chi connectivity index (χ1) is 14.2. The van der Waals surface area contributed by atoms with Gasteiger partial charge in [-0.1, -0.05) is 104 Å². The summed E-state index contributed by atoms with van der Waals surface area (Å²) in [6, 6.07) is 5.38. The quantitative estimate of drug-likeness (QED) is 0.198. The molecule has 0 radical (unpaired) electrons. The Bertz CT molecular complexity index is 678. The Morgan fingerprint density at radius 3 is 1.67 bits per heavy atom. The molecule has 0 saturated heterocycles. The van der Waals surface area contributed by atoms with Gasteiger partial charge in [-0.25, -0.2) is 0 Å². The number of unbranched alkanes of at least 4 members (excludes halogenated alkanes) is 8. The van der Waals surface area contributed by atoms with Gasteiger partial charge < -0.3 is 0 Å². The van der Waals surface area contributed by atoms with Crippen molar-refractivity contribution in [3.05, 3.63) is 29.3 Å². The molecule has 0 aliphatic heterocycles. The Hall–Kier alpha value is -0.870. The van der Waals surface area contributed by atoms with Crippen molar-refractivity contribution >= 4 is 10.1 Å². The van der Waals surface area contributed by atoms with E-state index in [0.29, 0.717) is 0 Å². The highest BCUT2D eigenvalue weighted by atomic mass is 32.2. The standard InChI is InChI=1S/C26H46O3S/c1-22(2)16-11-7-5-9-13-18-24-19-15-21-26(30(27,28)29)25(24)20-14-10-6-8-12-17-23(3)4/h15,19,21-23H,5-14,16-18,20H2,1-4H3,(H,27,28,29). The molecule has 0 spiro atoms. The van der Waals surface area contributed by atoms with Crippen LogP contribution in [0.15, 0.2) is 23.1 Å². The Morgan fingerprint density at radius 1 is 0.700 bits per heavy atom. The van der Waals surface area contributed by atoms with Crippen LogP contribution in [-0.4, -0.2) is 13.0 Å². The van der Waals surface area contributed by atoms with Crippen molar-refractivity contribution in [2.24, 2.45) is 11.8 Å². The van der Waals surface area contributed by atoms with Gasteiger partial charge in [0.05, 0.1) is 4.90 Å². The fraction of sp³-hybridized carbons (Fsp3) is 0.769. The van der Waals surface area contributed by atoms with Crippen molar-refractivity contribution in [1.29, 1.82) is 0 Å². The molecule has 0 bridgehead atoms. The van der Waals surface area contributed by atoms with E-state index < -0.39 is 10.1 Å². The van der Waals surface area contributed by atoms with Crippen LogP contribution in [0.5, 0.6) is 0 Å². The molecule has 3 nitrogen and oxygen atoms in total. The maximum atomic E-state index is 11.9. The lowest BCUT2D eigenvalue weighted by Gasteiger charge is -2.14. The molecule has 174 valence electrons. The van der Waals surface area contributed by atoms with Crippen molar-refractivity contribution in [3.8, 4) is 0 Å². The highest BCUT2D eigenvalue weighted by molar-refractivity contribution is 7.85. The van der Waals surface area contributed by atoms with Gasteiger partial charge in [0.2, 0.25) is 0 Å². The molecule has 30 heavy (non-hydrogen) atoms. The third kappa shape index (κ3) is 12.1. The van der Waals surface area contributed by atoms with Crippen molar-refractivity contribution in [3.63, 3.8) is 0 Å². The van der Waals surface area contributed by atoms with E-state index in [4.69, 9.17) is 0 Å². The molecule has 0 amide bonds. The van der Waals surface area contributed by atoms with E-state index >= 15 is 0 Å². The third-order valence-corrected chi connectivity index (χ3v) is 6.88. The van der Waals surface area contributed by atoms with Gasteiger partial charge in [0.15, 0.2) is 0 Å². The van der Waals surface area contributed by atoms with Crippen LogP contribution in [0.3, 0.4) is 0 Å². The van der Waals surface area contributed by atoms with E-state index in [2.05, 4.69) is 27.7 Å². The normalized spacial score (nSPS) is 12.2. The minimum Gasteiger partial charge on any atom is -0.282 e. The summed E-state index contributed by atoms with van der Waals surface area (Å²) in [4.78, 5) is 0.122. The molecule has 0 aliphatic rings. The molecule has 1 N–H and O–H groups in total. The van der Waals surface area contributed by atoms with Crippen LogP contribution >= 0.6 is 0 Å². The van der Waals surface area contributed by atoms with Crippen LogP contribution in [0, 0.1) is 11.8 Å². The summed E-state index contributed by atoms with van der Waals surface area (Å²) in [5.74, 6) is 1.55. The Balaban J connectivity index is 2.54. The lowest BCUT2D eigenvalue weighted by molar-refractivity contribution is 0.481. The van der Waals surface area contributed by atoms with Crippen molar-refractivity contribution in [2.45, 2.75) is 122 Å². The molecule has 0 heterocycles. The van der Waals surface area contributed by atoms with Crippen LogP contribution in [-0.2, 0) is 23.0 Å². The first-order valence-electron chi connectivity index (χ1n) is 12.3. The SMILES string of the molecule is CC(C)CCCCCCCc1cccc(S(=O)(=O)O)c1CCCCCCCC(C)C. The van der Waals surface area contributed by atoms with Gasteiger partial charge in [-0.2, -0.15) is 8.42 Å². The third-order valence-electron chi connectivity index (χ3n) is 5.94. The van der Waals surface area contributed by atoms with Gasteiger partial charge in [0, 0.05) is 0 Å². The minimum absolute atomic E-state index is 0.122. The lowest BCUT2D eigenvalue weighted by Crippen LogP contribution is -2.07. The summed E-state index contributed by atoms with van der Waals surface area (Å²) in [5, 5.41) is 0. The molecule has 0 aromatic heterocycles. The average Bonchev–Trinajstić information content (AvgIpc) is 2.65. The largest absolute Gasteiger partial charge is 0.294 e. The maximum Gasteiger partial charge on any atom is 0.294 e. The number of aryl methyl sites for hydroxylation is 1. The maximum absolute atomic E-state index is 11.9. The summed E-state index contributed by atoms with van der Waals surface area (Å²) < 4.78 is 33.5. The average molecular weight is 439 g/mol. The van der Waals surface area contributed by atoms with Gasteiger partial charge in [-0.3, -0.25) is 4.55 Å². The summed E-state index contributed by atoms with van der Waals surface area (Å²) in [7, 11) is -4.17. The van der Waals surface area contributed by atoms with Crippen molar-refractivity contribution < 1.29 is 13.0 Å². The number of hydrogen-bond donors (Lipinski definition) is 1. The van der Waals surface area contributed by atoms with Crippen LogP contribution in [0.25, 0.3) is 0 Å². The van der Waals surface area contributed by atoms with E-state index in [1.165, 1.54) is 57.8 Å². The molecular formula is C26H46O3S. The molecule has 0 saturated carbocycles. The highest BCUT2D eigenvalue weighted by Crippen LogP contribution is 2.25. The molecule has 1 aromatic rings. The zero-order chi connectivity index (χ0) is 22.4. The first kappa shape index (κ1) is 27.2. The molecule has 0 unspecified atom stereocenters. The van der Waals surface area contributed by atoms with Crippen molar-refractivity contribution in [1.82, 2.24) is 0 Å². The summed E-state index contributed by atoms with van der Waals surface area (Å²) in [6.45, 7) is 9.07. The molecule has 1 rings (SSSR count). The Labute approximate surface area is 186 Å². The van der Waals surface area contributed by atoms with Crippen molar-refractivity contribution in [2.75, 3.05) is 0 Å². The number of rotatable bonds is 17. The van der Waals surface area contributed by atoms with E-state index in [1.54, 1.807) is 12.1 Å². The van der Waals surface area contributed by atoms with Gasteiger partial charge in [0.25, 0.3) is 10.1 Å². The predicted octanol–water partition coefficient (Wildman–Crippen LogP) is 8.01. The van der Waals surface area contributed by atoms with Gasteiger partial charge in [-0.05, 0) is 54.7 Å². The second-order valence-electron chi connectivity index (χ2n) is 9.77. The number of benzene rings is 1. The Morgan fingerprint density at radius 2 is 1.17 bits per heavy atom. The molecule has 4 heteroatoms. The summed E-state index contributed by atoms with van der Waals surface area (Å²) >= 11 is 0. The molecule has 0 aliphatic carbocycles. The van der Waals surface area contributed by atoms with Crippen LogP contribution in [0.1, 0.15) is 116 Å². The summed E-state index contributed by atoms with van der Waals surface area (Å²) in [5.41, 5.74) is 1.95. The molecule has 1 aromatic carbocycles. The molecule has 0 atom stereocenters. The van der Waals surface area contributed by atoms with E-state index in [0.717, 1.165) is 55.1 Å². The van der Waals surface area contributed by atoms with E-state index in [9.17, 15) is 13.0 Å². The predicted molar refractivity (Wildman–Crippen MR) is 129 cm³/mol. The second kappa shape index (κ2) is 15.0. The molecular weight excluding hydrogens is 392 g/mol. The van der Waals surface area contributed by atoms with Gasteiger partial charge in [0.1, 0.15) is 0 Å². The van der Waals surface area contributed by atoms with Crippen LogP contribution < -0.4 is 0 Å². The van der Waals surface area contributed by atoms with Gasteiger partial charge >= 0.3 is 0 Å². The molecule has 0 fully saturated rings. The van der Waals surface area contributed by atoms with E-state index in [1.807, 2.05) is 6.07 Å². The van der Waals surface area contributed by atoms with Gasteiger partial charge in [-0.15, -0.1) is 0 Å². The lowest BCUT2D eigenvalue weighted by atomic mass is 9.96. The number of hydrogen-bond acceptors (Lipinski definition) is 2. The Kier molecular flexibility index (Phi) is 13.6. The zero-order valence-corrected chi connectivity index (χ0v) is 20.8. The smallest absolute Gasteiger partial charge is 0.282 e. The fourth-order valence-electron chi connectivity index (χ4n) is 4.15. The monoisotopic (exact) mass is 438 g/mol. The zero-order valence-electron chi connectivity index (χ0n) is 20.0. The fourth-order valence-corrected chi connectivity index (χ4v) is 4.95. The van der Waals surface area contributed by atoms with Crippen LogP contribution in [0.4, 0.5) is 0 Å². The van der Waals surface area contributed by atoms with Crippen LogP contribution in [0.2, 0.25) is 0 Å². The topological polar surface area (TPSA) is 54.4 Å². The minimum atomic E-state index is -4.17. The second-order valence-corrected chi connectivity index (χ2v) is 11.2. The first-order valence-corrected chi connectivity index (χ1v) is 13.7. The highest BCUT2D eigenvalue weighted by Gasteiger charge is 2.17. The summed E-state index contributed by atoms with van der Waals surface area (Å²) in [6.07, 6.45) is 16.2.